The summed E-state index contributed by atoms with van der Waals surface area (Å²) < 4.78 is 5.56. The number of Topliss-reactive ketones (excluding diaryl/α,β-unsaturated/α-hetero) is 1. The minimum atomic E-state index is -0.666. The van der Waals surface area contributed by atoms with Gasteiger partial charge in [-0.25, -0.2) is 0 Å². The van der Waals surface area contributed by atoms with Crippen molar-refractivity contribution >= 4 is 39.7 Å². The number of hydrogen-bond acceptors (Lipinski definition) is 5. The van der Waals surface area contributed by atoms with E-state index >= 15 is 0 Å². The fourth-order valence-corrected chi connectivity index (χ4v) is 5.73. The number of nitrogens with zero attached hydrogens (tertiary/aromatic N) is 1. The number of nitrogens with one attached hydrogen (secondary N) is 1. The molecule has 6 nitrogen and oxygen atoms in total. The predicted octanol–water partition coefficient (Wildman–Crippen LogP) is 5.60. The highest BCUT2D eigenvalue weighted by atomic mass is 32.1. The summed E-state index contributed by atoms with van der Waals surface area (Å²) >= 11 is 1.49. The van der Waals surface area contributed by atoms with Gasteiger partial charge in [0.2, 0.25) is 0 Å². The number of para-hydroxylation sites is 1. The molecule has 1 atom stereocenters. The van der Waals surface area contributed by atoms with Gasteiger partial charge in [-0.15, -0.1) is 11.3 Å². The summed E-state index contributed by atoms with van der Waals surface area (Å²) in [6.07, 6.45) is 2.53. The summed E-state index contributed by atoms with van der Waals surface area (Å²) in [5.74, 6) is -0.850. The van der Waals surface area contributed by atoms with Gasteiger partial charge in [0.1, 0.15) is 11.5 Å². The lowest BCUT2D eigenvalue weighted by atomic mass is 9.98. The maximum atomic E-state index is 13.3. The fraction of sp³-hybridized carbons (Fsp3) is 0.214. The number of carbonyl (C=O) groups is 2. The van der Waals surface area contributed by atoms with E-state index in [9.17, 15) is 14.7 Å². The van der Waals surface area contributed by atoms with Crippen molar-refractivity contribution in [2.45, 2.75) is 26.3 Å². The number of amides is 1. The van der Waals surface area contributed by atoms with Crippen molar-refractivity contribution in [3.63, 3.8) is 0 Å². The molecule has 7 heteroatoms. The molecule has 2 aromatic heterocycles. The van der Waals surface area contributed by atoms with Crippen LogP contribution in [0.4, 0.5) is 0 Å². The van der Waals surface area contributed by atoms with Crippen LogP contribution in [-0.4, -0.2) is 39.8 Å². The number of aryl methyl sites for hydroxylation is 1. The van der Waals surface area contributed by atoms with Crippen molar-refractivity contribution in [2.24, 2.45) is 0 Å². The fourth-order valence-electron chi connectivity index (χ4n) is 4.68. The average molecular weight is 487 g/mol. The summed E-state index contributed by atoms with van der Waals surface area (Å²) in [7, 11) is 0. The molecule has 1 unspecified atom stereocenters. The molecular formula is C28H26N2O4S. The Morgan fingerprint density at radius 1 is 1.14 bits per heavy atom. The lowest BCUT2D eigenvalue weighted by Crippen LogP contribution is -2.31. The molecule has 0 bridgehead atoms. The zero-order chi connectivity index (χ0) is 24.5. The highest BCUT2D eigenvalue weighted by Crippen LogP contribution is 2.43. The maximum absolute atomic E-state index is 13.3. The van der Waals surface area contributed by atoms with Gasteiger partial charge in [0.25, 0.3) is 11.7 Å². The summed E-state index contributed by atoms with van der Waals surface area (Å²) in [4.78, 5) is 32.3. The Bertz CT molecular complexity index is 1450. The van der Waals surface area contributed by atoms with E-state index in [1.54, 1.807) is 29.2 Å². The van der Waals surface area contributed by atoms with E-state index in [1.807, 2.05) is 55.8 Å². The van der Waals surface area contributed by atoms with E-state index in [2.05, 4.69) is 4.98 Å². The molecule has 1 saturated heterocycles. The first-order valence-corrected chi connectivity index (χ1v) is 12.5. The molecule has 2 aromatic carbocycles. The molecule has 0 spiro atoms. The molecule has 0 radical (unpaired) electrons. The van der Waals surface area contributed by atoms with Gasteiger partial charge in [-0.05, 0) is 61.0 Å². The van der Waals surface area contributed by atoms with Crippen molar-refractivity contribution in [1.29, 1.82) is 0 Å². The van der Waals surface area contributed by atoms with E-state index in [1.165, 1.54) is 11.3 Å². The minimum Gasteiger partial charge on any atom is -0.507 e. The van der Waals surface area contributed by atoms with Gasteiger partial charge < -0.3 is 19.7 Å². The number of aliphatic hydroxyl groups is 1. The Hall–Kier alpha value is -3.84. The van der Waals surface area contributed by atoms with Gasteiger partial charge in [0.15, 0.2) is 0 Å². The lowest BCUT2D eigenvalue weighted by Gasteiger charge is -2.25. The highest BCUT2D eigenvalue weighted by molar-refractivity contribution is 7.10. The molecule has 4 aromatic rings. The second kappa shape index (κ2) is 9.43. The number of H-pyrrole nitrogens is 1. The van der Waals surface area contributed by atoms with Crippen LogP contribution in [-0.2, 0) is 16.0 Å². The number of ketones is 1. The number of rotatable bonds is 7. The van der Waals surface area contributed by atoms with E-state index in [-0.39, 0.29) is 11.3 Å². The smallest absolute Gasteiger partial charge is 0.295 e. The van der Waals surface area contributed by atoms with Crippen molar-refractivity contribution in [3.05, 3.63) is 93.3 Å². The van der Waals surface area contributed by atoms with E-state index in [4.69, 9.17) is 4.74 Å². The Morgan fingerprint density at radius 3 is 2.74 bits per heavy atom. The molecule has 0 aliphatic carbocycles. The predicted molar refractivity (Wildman–Crippen MR) is 138 cm³/mol. The van der Waals surface area contributed by atoms with Crippen LogP contribution in [0.1, 0.15) is 34.5 Å². The second-order valence-electron chi connectivity index (χ2n) is 8.53. The maximum Gasteiger partial charge on any atom is 0.295 e. The van der Waals surface area contributed by atoms with Gasteiger partial charge in [-0.2, -0.15) is 0 Å². The quantitative estimate of drug-likeness (QED) is 0.202. The van der Waals surface area contributed by atoms with Crippen LogP contribution in [0.5, 0.6) is 5.75 Å². The molecule has 1 aliphatic heterocycles. The minimum absolute atomic E-state index is 0.119. The topological polar surface area (TPSA) is 82.6 Å². The Labute approximate surface area is 207 Å². The molecule has 2 N–H and O–H groups in total. The Balaban J connectivity index is 1.55. The van der Waals surface area contributed by atoms with Crippen LogP contribution in [0.15, 0.2) is 71.7 Å². The van der Waals surface area contributed by atoms with Crippen LogP contribution in [0.2, 0.25) is 0 Å². The van der Waals surface area contributed by atoms with Crippen LogP contribution in [0.3, 0.4) is 0 Å². The van der Waals surface area contributed by atoms with Crippen molar-refractivity contribution < 1.29 is 19.4 Å². The Kier molecular flexibility index (Phi) is 6.17. The molecule has 1 amide bonds. The summed E-state index contributed by atoms with van der Waals surface area (Å²) in [6, 6.07) is 16.3. The number of benzene rings is 2. The normalized spacial score (nSPS) is 17.4. The first-order chi connectivity index (χ1) is 17.0. The van der Waals surface area contributed by atoms with Gasteiger partial charge in [0, 0.05) is 34.1 Å². The first kappa shape index (κ1) is 22.9. The highest BCUT2D eigenvalue weighted by Gasteiger charge is 2.46. The molecule has 0 saturated carbocycles. The third-order valence-corrected chi connectivity index (χ3v) is 7.48. The van der Waals surface area contributed by atoms with Gasteiger partial charge in [-0.1, -0.05) is 30.3 Å². The zero-order valence-electron chi connectivity index (χ0n) is 19.6. The molecular weight excluding hydrogens is 460 g/mol. The molecule has 35 heavy (non-hydrogen) atoms. The number of aliphatic hydroxyl groups excluding tert-OH is 1. The largest absolute Gasteiger partial charge is 0.507 e. The van der Waals surface area contributed by atoms with Crippen molar-refractivity contribution in [3.8, 4) is 5.75 Å². The second-order valence-corrected chi connectivity index (χ2v) is 9.48. The third kappa shape index (κ3) is 4.12. The molecule has 1 aliphatic rings. The number of carbonyl (C=O) groups excluding carboxylic acids is 2. The van der Waals surface area contributed by atoms with E-state index in [0.717, 1.165) is 26.9 Å². The molecule has 1 fully saturated rings. The number of fused-ring (bicyclic) bond motifs is 1. The van der Waals surface area contributed by atoms with Gasteiger partial charge in [0.05, 0.1) is 18.2 Å². The third-order valence-electron chi connectivity index (χ3n) is 6.41. The van der Waals surface area contributed by atoms with Crippen LogP contribution < -0.4 is 4.74 Å². The average Bonchev–Trinajstić information content (AvgIpc) is 3.54. The Morgan fingerprint density at radius 2 is 1.97 bits per heavy atom. The van der Waals surface area contributed by atoms with Crippen LogP contribution >= 0.6 is 11.3 Å². The number of likely N-dealkylation sites (tertiary alicyclic amines) is 1. The van der Waals surface area contributed by atoms with E-state index in [0.29, 0.717) is 30.9 Å². The number of aromatic amines is 1. The van der Waals surface area contributed by atoms with Crippen molar-refractivity contribution in [2.75, 3.05) is 13.2 Å². The first-order valence-electron chi connectivity index (χ1n) is 11.6. The van der Waals surface area contributed by atoms with Crippen molar-refractivity contribution in [1.82, 2.24) is 9.88 Å². The standard InChI is InChI=1S/C28H26N2O4S/c1-3-34-20-8-6-7-18(15-20)25(31)23-24(27-17(2)12-14-35-27)30(28(33)26(23)32)13-11-19-16-29-22-10-5-4-9-21(19)22/h4-10,12,14-16,24,29,31H,3,11,13H2,1-2H3/b25-23-. The van der Waals surface area contributed by atoms with E-state index < -0.39 is 17.7 Å². The zero-order valence-corrected chi connectivity index (χ0v) is 20.4. The number of ether oxygens (including phenoxy) is 1. The molecule has 5 rings (SSSR count). The number of aromatic nitrogens is 1. The van der Waals surface area contributed by atoms with Gasteiger partial charge in [-0.3, -0.25) is 9.59 Å². The van der Waals surface area contributed by atoms with Gasteiger partial charge >= 0.3 is 0 Å². The monoisotopic (exact) mass is 486 g/mol. The van der Waals surface area contributed by atoms with Crippen LogP contribution in [0.25, 0.3) is 16.7 Å². The lowest BCUT2D eigenvalue weighted by molar-refractivity contribution is -0.139. The molecule has 3 heterocycles. The number of hydrogen-bond donors (Lipinski definition) is 2. The summed E-state index contributed by atoms with van der Waals surface area (Å²) in [5.41, 5.74) is 3.66. The van der Waals surface area contributed by atoms with Crippen LogP contribution in [0, 0.1) is 6.92 Å². The summed E-state index contributed by atoms with van der Waals surface area (Å²) in [6.45, 7) is 4.67. The molecule has 178 valence electrons. The number of thiophene rings is 1. The summed E-state index contributed by atoms with van der Waals surface area (Å²) in [5, 5.41) is 14.3. The SMILES string of the molecule is CCOc1cccc(/C(O)=C2/C(=O)C(=O)N(CCc3c[nH]c4ccccc34)C2c2sccc2C)c1.